The van der Waals surface area contributed by atoms with Gasteiger partial charge in [-0.2, -0.15) is 0 Å². The number of methoxy groups -OCH3 is 1. The molecule has 7 nitrogen and oxygen atoms in total. The lowest BCUT2D eigenvalue weighted by atomic mass is 10.0. The van der Waals surface area contributed by atoms with Crippen molar-refractivity contribution >= 4 is 55.9 Å². The van der Waals surface area contributed by atoms with Crippen LogP contribution in [0.5, 0.6) is 0 Å². The maximum Gasteiger partial charge on any atom is 0.337 e. The van der Waals surface area contributed by atoms with Crippen LogP contribution in [-0.2, 0) is 16.1 Å². The molecule has 196 valence electrons. The number of thiazole rings is 1. The Morgan fingerprint density at radius 3 is 2.76 bits per heavy atom. The molecule has 4 aromatic rings. The molecule has 1 aliphatic heterocycles. The molecule has 2 aromatic carbocycles. The zero-order valence-electron chi connectivity index (χ0n) is 20.7. The van der Waals surface area contributed by atoms with Gasteiger partial charge in [-0.15, -0.1) is 0 Å². The maximum absolute atomic E-state index is 11.9. The Morgan fingerprint density at radius 2 is 2.00 bits per heavy atom. The van der Waals surface area contributed by atoms with E-state index in [1.165, 1.54) is 7.11 Å². The molecule has 0 spiro atoms. The molecule has 3 fully saturated rings. The molecule has 0 radical (unpaired) electrons. The highest BCUT2D eigenvalue weighted by Gasteiger charge is 2.51. The van der Waals surface area contributed by atoms with Gasteiger partial charge in [-0.25, -0.2) is 9.78 Å². The summed E-state index contributed by atoms with van der Waals surface area (Å²) in [6.45, 7) is 1.30. The Labute approximate surface area is 233 Å². The summed E-state index contributed by atoms with van der Waals surface area (Å²) in [7, 11) is 1.40. The number of carbonyl (C=O) groups excluding carboxylic acids is 1. The van der Waals surface area contributed by atoms with Crippen LogP contribution < -0.4 is 4.90 Å². The third kappa shape index (κ3) is 4.28. The molecule has 3 aliphatic rings. The molecule has 3 heterocycles. The number of piperidine rings is 1. The molecule has 10 heteroatoms. The summed E-state index contributed by atoms with van der Waals surface area (Å²) in [5, 5.41) is 6.50. The van der Waals surface area contributed by atoms with Crippen LogP contribution in [0.25, 0.3) is 21.5 Å². The van der Waals surface area contributed by atoms with Crippen LogP contribution in [0.4, 0.5) is 5.13 Å². The maximum atomic E-state index is 11.9. The van der Waals surface area contributed by atoms with Crippen molar-refractivity contribution in [2.45, 2.75) is 50.4 Å². The summed E-state index contributed by atoms with van der Waals surface area (Å²) in [5.41, 5.74) is 3.81. The van der Waals surface area contributed by atoms with Crippen LogP contribution in [-0.4, -0.2) is 41.9 Å². The molecule has 1 saturated heterocycles. The zero-order valence-corrected chi connectivity index (χ0v) is 23.0. The van der Waals surface area contributed by atoms with E-state index in [0.29, 0.717) is 51.4 Å². The van der Waals surface area contributed by atoms with Crippen molar-refractivity contribution in [2.75, 3.05) is 18.6 Å². The van der Waals surface area contributed by atoms with Gasteiger partial charge >= 0.3 is 5.97 Å². The summed E-state index contributed by atoms with van der Waals surface area (Å²) in [4.78, 5) is 19.2. The average Bonchev–Trinajstić information content (AvgIpc) is 3.84. The number of benzene rings is 2. The molecular formula is C28H25Cl2N3O4S. The van der Waals surface area contributed by atoms with Crippen LogP contribution in [0.2, 0.25) is 10.0 Å². The molecule has 2 saturated carbocycles. The van der Waals surface area contributed by atoms with Gasteiger partial charge in [0.25, 0.3) is 0 Å². The van der Waals surface area contributed by atoms with Gasteiger partial charge in [0.1, 0.15) is 11.5 Å². The van der Waals surface area contributed by atoms with Crippen LogP contribution >= 0.6 is 34.5 Å². The average molecular weight is 570 g/mol. The molecule has 2 aliphatic carbocycles. The van der Waals surface area contributed by atoms with Crippen molar-refractivity contribution in [1.82, 2.24) is 10.1 Å². The van der Waals surface area contributed by atoms with Gasteiger partial charge in [-0.1, -0.05) is 45.8 Å². The van der Waals surface area contributed by atoms with Crippen molar-refractivity contribution in [3.63, 3.8) is 0 Å². The Hall–Kier alpha value is -2.65. The van der Waals surface area contributed by atoms with Gasteiger partial charge in [0.2, 0.25) is 0 Å². The number of hydrogen-bond donors (Lipinski definition) is 0. The van der Waals surface area contributed by atoms with E-state index in [0.717, 1.165) is 58.9 Å². The quantitative estimate of drug-likeness (QED) is 0.219. The Bertz CT molecular complexity index is 1530. The summed E-state index contributed by atoms with van der Waals surface area (Å²) < 4.78 is 18.2. The number of nitrogens with zero attached hydrogens (tertiary/aromatic N) is 3. The Morgan fingerprint density at radius 1 is 1.18 bits per heavy atom. The molecule has 2 aromatic heterocycles. The van der Waals surface area contributed by atoms with Gasteiger partial charge in [-0.3, -0.25) is 0 Å². The molecule has 0 amide bonds. The molecule has 3 unspecified atom stereocenters. The normalized spacial score (nSPS) is 22.5. The topological polar surface area (TPSA) is 77.7 Å². The Balaban J connectivity index is 1.07. The second-order valence-electron chi connectivity index (χ2n) is 10.2. The zero-order chi connectivity index (χ0) is 26.0. The van der Waals surface area contributed by atoms with E-state index in [-0.39, 0.29) is 12.1 Å². The van der Waals surface area contributed by atoms with Gasteiger partial charge in [0.15, 0.2) is 5.13 Å². The number of halogens is 2. The van der Waals surface area contributed by atoms with Gasteiger partial charge in [0.05, 0.1) is 45.6 Å². The van der Waals surface area contributed by atoms with Gasteiger partial charge < -0.3 is 18.9 Å². The summed E-state index contributed by atoms with van der Waals surface area (Å²) in [6, 6.07) is 11.4. The van der Waals surface area contributed by atoms with Crippen LogP contribution in [0.3, 0.4) is 0 Å². The first-order valence-corrected chi connectivity index (χ1v) is 14.4. The third-order valence-corrected chi connectivity index (χ3v) is 9.47. The van der Waals surface area contributed by atoms with E-state index in [4.69, 9.17) is 42.2 Å². The highest BCUT2D eigenvalue weighted by Crippen LogP contribution is 2.49. The molecule has 7 rings (SSSR count). The summed E-state index contributed by atoms with van der Waals surface area (Å²) in [5.74, 6) is 1.42. The highest BCUT2D eigenvalue weighted by molar-refractivity contribution is 7.22. The predicted octanol–water partition coefficient (Wildman–Crippen LogP) is 7.11. The largest absolute Gasteiger partial charge is 0.465 e. The van der Waals surface area contributed by atoms with E-state index < -0.39 is 0 Å². The lowest BCUT2D eigenvalue weighted by molar-refractivity contribution is 0.0141. The SMILES string of the molecule is COC(=O)c1ccc2nc(N3CCC(OCc4c(-c5c(Cl)cccc5Cl)noc4C4CC4)C4CC43)sc2c1. The van der Waals surface area contributed by atoms with Gasteiger partial charge in [0, 0.05) is 35.5 Å². The van der Waals surface area contributed by atoms with Gasteiger partial charge in [-0.05, 0) is 56.0 Å². The number of fused-ring (bicyclic) bond motifs is 2. The number of esters is 1. The first-order valence-electron chi connectivity index (χ1n) is 12.8. The molecule has 0 bridgehead atoms. The van der Waals surface area contributed by atoms with E-state index in [2.05, 4.69) is 10.1 Å². The van der Waals surface area contributed by atoms with E-state index in [9.17, 15) is 4.79 Å². The first kappa shape index (κ1) is 24.4. The second-order valence-corrected chi connectivity index (χ2v) is 12.0. The molecular weight excluding hydrogens is 545 g/mol. The highest BCUT2D eigenvalue weighted by atomic mass is 35.5. The van der Waals surface area contributed by atoms with E-state index in [1.807, 2.05) is 30.3 Å². The summed E-state index contributed by atoms with van der Waals surface area (Å²) in [6.07, 6.45) is 4.36. The lowest BCUT2D eigenvalue weighted by Crippen LogP contribution is -2.38. The number of ether oxygens (including phenoxy) is 2. The van der Waals surface area contributed by atoms with E-state index >= 15 is 0 Å². The fourth-order valence-electron chi connectivity index (χ4n) is 5.57. The predicted molar refractivity (Wildman–Crippen MR) is 147 cm³/mol. The lowest BCUT2D eigenvalue weighted by Gasteiger charge is -2.31. The number of carbonyl (C=O) groups is 1. The number of hydrogen-bond acceptors (Lipinski definition) is 8. The first-order chi connectivity index (χ1) is 18.5. The van der Waals surface area contributed by atoms with Crippen molar-refractivity contribution < 1.29 is 18.8 Å². The molecule has 0 N–H and O–H groups in total. The fourth-order valence-corrected chi connectivity index (χ4v) is 7.23. The second kappa shape index (κ2) is 9.52. The van der Waals surface area contributed by atoms with Crippen molar-refractivity contribution in [2.24, 2.45) is 5.92 Å². The molecule has 38 heavy (non-hydrogen) atoms. The third-order valence-electron chi connectivity index (χ3n) is 7.79. The Kier molecular flexibility index (Phi) is 6.11. The minimum Gasteiger partial charge on any atom is -0.465 e. The minimum absolute atomic E-state index is 0.160. The van der Waals surface area contributed by atoms with Crippen LogP contribution in [0.1, 0.15) is 53.3 Å². The van der Waals surface area contributed by atoms with Crippen molar-refractivity contribution in [1.29, 1.82) is 0 Å². The summed E-state index contributed by atoms with van der Waals surface area (Å²) >= 11 is 14.7. The van der Waals surface area contributed by atoms with Crippen molar-refractivity contribution in [3.05, 3.63) is 63.3 Å². The molecule has 3 atom stereocenters. The fraction of sp³-hybridized carbons (Fsp3) is 0.393. The smallest absolute Gasteiger partial charge is 0.337 e. The minimum atomic E-state index is -0.334. The van der Waals surface area contributed by atoms with Crippen LogP contribution in [0.15, 0.2) is 40.9 Å². The number of anilines is 1. The monoisotopic (exact) mass is 569 g/mol. The number of rotatable bonds is 7. The van der Waals surface area contributed by atoms with Crippen LogP contribution in [0, 0.1) is 5.92 Å². The number of aromatic nitrogens is 2. The van der Waals surface area contributed by atoms with Crippen molar-refractivity contribution in [3.8, 4) is 11.3 Å². The standard InChI is InChI=1S/C28H25Cl2N3O4S/c1-35-27(34)15-7-8-20-23(11-15)38-28(31-20)33-10-9-22(16-12-21(16)33)36-13-17-25(32-37-26(17)14-5-6-14)24-18(29)3-2-4-19(24)30/h2-4,7-8,11,14,16,21-22H,5-6,9-10,12-13H2,1H3. The van der Waals surface area contributed by atoms with E-state index in [1.54, 1.807) is 17.4 Å².